The Morgan fingerprint density at radius 3 is 2.28 bits per heavy atom. The van der Waals surface area contributed by atoms with Crippen molar-refractivity contribution in [3.05, 3.63) is 33.0 Å². The van der Waals surface area contributed by atoms with Gasteiger partial charge in [-0.25, -0.2) is 0 Å². The molecule has 3 N–H and O–H groups in total. The molecule has 0 aromatic carbocycles. The van der Waals surface area contributed by atoms with E-state index >= 15 is 0 Å². The monoisotopic (exact) mass is 362 g/mol. The lowest BCUT2D eigenvalue weighted by Gasteiger charge is -2.26. The zero-order valence-corrected chi connectivity index (χ0v) is 15.3. The topological polar surface area (TPSA) is 95.5 Å². The van der Waals surface area contributed by atoms with Gasteiger partial charge in [-0.3, -0.25) is 25.2 Å². The van der Waals surface area contributed by atoms with Gasteiger partial charge in [-0.15, -0.1) is 11.3 Å². The van der Waals surface area contributed by atoms with Gasteiger partial charge in [0.05, 0.1) is 16.7 Å². The zero-order chi connectivity index (χ0) is 18.3. The Bertz CT molecular complexity index is 763. The summed E-state index contributed by atoms with van der Waals surface area (Å²) >= 11 is 1.30. The molecule has 4 atom stereocenters. The van der Waals surface area contributed by atoms with Gasteiger partial charge in [0.15, 0.2) is 0 Å². The Labute approximate surface area is 150 Å². The highest BCUT2D eigenvalue weighted by molar-refractivity contribution is 7.12. The molecule has 1 heterocycles. The second-order valence-corrected chi connectivity index (χ2v) is 7.93. The molecule has 25 heavy (non-hydrogen) atoms. The van der Waals surface area contributed by atoms with Gasteiger partial charge in [-0.05, 0) is 62.5 Å². The molecule has 1 aromatic rings. The van der Waals surface area contributed by atoms with E-state index in [1.165, 1.54) is 11.3 Å². The van der Waals surface area contributed by atoms with Crippen LogP contribution in [0.4, 0.5) is 0 Å². The van der Waals surface area contributed by atoms with Crippen LogP contribution >= 0.6 is 11.3 Å². The van der Waals surface area contributed by atoms with Gasteiger partial charge in [0.25, 0.3) is 5.91 Å². The van der Waals surface area contributed by atoms with Crippen LogP contribution in [0.1, 0.15) is 41.9 Å². The van der Waals surface area contributed by atoms with E-state index in [0.717, 1.165) is 29.6 Å². The number of aryl methyl sites for hydroxylation is 1. The lowest BCUT2D eigenvalue weighted by Crippen LogP contribution is -2.48. The molecule has 1 aromatic heterocycles. The number of carboxylic acid groups (broad SMARTS) is 1. The van der Waals surface area contributed by atoms with E-state index in [9.17, 15) is 19.5 Å². The van der Waals surface area contributed by atoms with E-state index in [0.29, 0.717) is 4.88 Å². The highest BCUT2D eigenvalue weighted by Gasteiger charge is 2.57. The fourth-order valence-corrected chi connectivity index (χ4v) is 5.29. The van der Waals surface area contributed by atoms with Crippen molar-refractivity contribution in [1.82, 2.24) is 10.9 Å². The van der Waals surface area contributed by atoms with Crippen molar-refractivity contribution in [2.24, 2.45) is 23.7 Å². The maximum atomic E-state index is 12.7. The number of carbonyl (C=O) groups excluding carboxylic acids is 2. The van der Waals surface area contributed by atoms with Crippen molar-refractivity contribution in [1.29, 1.82) is 0 Å². The van der Waals surface area contributed by atoms with E-state index in [2.05, 4.69) is 10.9 Å². The second-order valence-electron chi connectivity index (χ2n) is 7.01. The Kier molecular flexibility index (Phi) is 4.69. The Morgan fingerprint density at radius 2 is 1.76 bits per heavy atom. The van der Waals surface area contributed by atoms with Crippen molar-refractivity contribution in [2.75, 3.05) is 0 Å². The number of thiophene rings is 1. The number of carboxylic acids is 1. The van der Waals surface area contributed by atoms with Crippen molar-refractivity contribution in [3.63, 3.8) is 0 Å². The first-order valence-corrected chi connectivity index (χ1v) is 9.25. The van der Waals surface area contributed by atoms with Crippen LogP contribution in [0.15, 0.2) is 22.6 Å². The van der Waals surface area contributed by atoms with Gasteiger partial charge in [-0.1, -0.05) is 11.1 Å². The molecule has 2 aliphatic rings. The molecule has 134 valence electrons. The standard InChI is InChI=1S/C18H22N2O4S/c1-8(2)12-10-4-5-11(12)14(18(23)24)13(10)16(21)19-20-17(22)15-9(3)6-7-25-15/h6-7,10-11,13-14H,4-5H2,1-3H3,(H,19,21)(H,20,22)(H,23,24)/t10-,11+,13-,14-/m1/s1. The number of allylic oxidation sites excluding steroid dienone is 2. The minimum atomic E-state index is -0.938. The maximum absolute atomic E-state index is 12.7. The van der Waals surface area contributed by atoms with Crippen LogP contribution in [0, 0.1) is 30.6 Å². The second kappa shape index (κ2) is 6.63. The lowest BCUT2D eigenvalue weighted by atomic mass is 9.79. The summed E-state index contributed by atoms with van der Waals surface area (Å²) in [6.07, 6.45) is 1.64. The summed E-state index contributed by atoms with van der Waals surface area (Å²) in [6, 6.07) is 1.83. The van der Waals surface area contributed by atoms with E-state index in [1.54, 1.807) is 0 Å². The summed E-state index contributed by atoms with van der Waals surface area (Å²) < 4.78 is 0. The molecule has 2 amide bonds. The predicted octanol–water partition coefficient (Wildman–Crippen LogP) is 2.51. The summed E-state index contributed by atoms with van der Waals surface area (Å²) in [5.41, 5.74) is 7.94. The Hall–Kier alpha value is -2.15. The first-order chi connectivity index (χ1) is 11.8. The van der Waals surface area contributed by atoms with Crippen molar-refractivity contribution >= 4 is 29.1 Å². The largest absolute Gasteiger partial charge is 0.481 e. The van der Waals surface area contributed by atoms with Crippen LogP contribution in [0.25, 0.3) is 0 Å². The molecule has 0 radical (unpaired) electrons. The number of aliphatic carboxylic acids is 1. The van der Waals surface area contributed by atoms with Crippen molar-refractivity contribution in [2.45, 2.75) is 33.6 Å². The fraction of sp³-hybridized carbons (Fsp3) is 0.500. The molecule has 0 aliphatic heterocycles. The van der Waals surface area contributed by atoms with Gasteiger partial charge in [0, 0.05) is 0 Å². The smallest absolute Gasteiger partial charge is 0.307 e. The minimum Gasteiger partial charge on any atom is -0.481 e. The molecule has 0 spiro atoms. The summed E-state index contributed by atoms with van der Waals surface area (Å²) in [7, 11) is 0. The normalized spacial score (nSPS) is 27.2. The zero-order valence-electron chi connectivity index (χ0n) is 14.5. The van der Waals surface area contributed by atoms with Gasteiger partial charge in [0.1, 0.15) is 0 Å². The SMILES string of the molecule is CC(C)=C1[C@H]2CC[C@@H]1[C@@H](C(=O)O)[C@@H]2C(=O)NNC(=O)c1sccc1C. The van der Waals surface area contributed by atoms with Crippen LogP contribution in [0.3, 0.4) is 0 Å². The summed E-state index contributed by atoms with van der Waals surface area (Å²) in [4.78, 5) is 37.1. The molecular weight excluding hydrogens is 340 g/mol. The average Bonchev–Trinajstić information content (AvgIpc) is 3.24. The van der Waals surface area contributed by atoms with Crippen LogP contribution in [-0.2, 0) is 9.59 Å². The molecule has 0 saturated heterocycles. The molecule has 2 bridgehead atoms. The molecule has 7 heteroatoms. The van der Waals surface area contributed by atoms with Gasteiger partial charge >= 0.3 is 5.97 Å². The number of amides is 2. The highest BCUT2D eigenvalue weighted by Crippen LogP contribution is 2.57. The first-order valence-electron chi connectivity index (χ1n) is 8.37. The van der Waals surface area contributed by atoms with E-state index in [-0.39, 0.29) is 17.7 Å². The Balaban J connectivity index is 1.75. The highest BCUT2D eigenvalue weighted by atomic mass is 32.1. The molecule has 2 saturated carbocycles. The number of rotatable bonds is 3. The average molecular weight is 362 g/mol. The quantitative estimate of drug-likeness (QED) is 0.569. The van der Waals surface area contributed by atoms with Crippen LogP contribution in [0.5, 0.6) is 0 Å². The van der Waals surface area contributed by atoms with Crippen LogP contribution < -0.4 is 10.9 Å². The molecule has 0 unspecified atom stereocenters. The van der Waals surface area contributed by atoms with Crippen LogP contribution in [0.2, 0.25) is 0 Å². The third kappa shape index (κ3) is 2.97. The Morgan fingerprint density at radius 1 is 1.12 bits per heavy atom. The van der Waals surface area contributed by atoms with E-state index < -0.39 is 23.7 Å². The van der Waals surface area contributed by atoms with Crippen molar-refractivity contribution in [3.8, 4) is 0 Å². The summed E-state index contributed by atoms with van der Waals surface area (Å²) in [5, 5.41) is 11.4. The third-order valence-corrected chi connectivity index (χ3v) is 6.39. The number of nitrogens with one attached hydrogen (secondary N) is 2. The summed E-state index contributed by atoms with van der Waals surface area (Å²) in [5.74, 6) is -3.20. The van der Waals surface area contributed by atoms with Gasteiger partial charge in [-0.2, -0.15) is 0 Å². The fourth-order valence-electron chi connectivity index (χ4n) is 4.47. The molecular formula is C18H22N2O4S. The number of hydrazine groups is 1. The number of fused-ring (bicyclic) bond motifs is 2. The van der Waals surface area contributed by atoms with Gasteiger partial charge in [0.2, 0.25) is 5.91 Å². The van der Waals surface area contributed by atoms with Crippen LogP contribution in [-0.4, -0.2) is 22.9 Å². The van der Waals surface area contributed by atoms with Crippen molar-refractivity contribution < 1.29 is 19.5 Å². The maximum Gasteiger partial charge on any atom is 0.307 e. The van der Waals surface area contributed by atoms with E-state index in [4.69, 9.17) is 0 Å². The molecule has 2 fully saturated rings. The summed E-state index contributed by atoms with van der Waals surface area (Å²) in [6.45, 7) is 5.77. The molecule has 2 aliphatic carbocycles. The number of hydrogen-bond donors (Lipinski definition) is 3. The lowest BCUT2D eigenvalue weighted by molar-refractivity contribution is -0.149. The number of hydrogen-bond acceptors (Lipinski definition) is 4. The van der Waals surface area contributed by atoms with Gasteiger partial charge < -0.3 is 5.11 Å². The molecule has 3 rings (SSSR count). The van der Waals surface area contributed by atoms with E-state index in [1.807, 2.05) is 32.2 Å². The molecule has 6 nitrogen and oxygen atoms in total. The first kappa shape index (κ1) is 17.7. The minimum absolute atomic E-state index is 0.0449. The third-order valence-electron chi connectivity index (χ3n) is 5.37. The number of carbonyl (C=O) groups is 3. The predicted molar refractivity (Wildman–Crippen MR) is 93.9 cm³/mol.